The van der Waals surface area contributed by atoms with Gasteiger partial charge in [-0.1, -0.05) is 37.3 Å². The van der Waals surface area contributed by atoms with Crippen LogP contribution in [0.4, 0.5) is 0 Å². The zero-order chi connectivity index (χ0) is 15.9. The molecule has 1 amide bonds. The number of benzene rings is 1. The highest BCUT2D eigenvalue weighted by molar-refractivity contribution is 5.79. The highest BCUT2D eigenvalue weighted by Crippen LogP contribution is 2.11. The molecule has 8 nitrogen and oxygen atoms in total. The zero-order valence-electron chi connectivity index (χ0n) is 11.9. The number of carbonyl (C=O) groups is 1. The van der Waals surface area contributed by atoms with Crippen molar-refractivity contribution in [2.75, 3.05) is 0 Å². The quantitative estimate of drug-likeness (QED) is 0.528. The monoisotopic (exact) mass is 301 g/mol. The Bertz CT molecular complexity index is 779. The first-order chi connectivity index (χ1) is 10.6. The summed E-state index contributed by atoms with van der Waals surface area (Å²) in [4.78, 5) is 35.8. The summed E-state index contributed by atoms with van der Waals surface area (Å²) in [6.07, 6.45) is 1.32. The van der Waals surface area contributed by atoms with Crippen LogP contribution in [0, 0.1) is 0 Å². The van der Waals surface area contributed by atoms with E-state index in [9.17, 15) is 14.4 Å². The lowest BCUT2D eigenvalue weighted by atomic mass is 10.0. The van der Waals surface area contributed by atoms with Gasteiger partial charge in [0.1, 0.15) is 5.69 Å². The van der Waals surface area contributed by atoms with Crippen molar-refractivity contribution in [1.29, 1.82) is 0 Å². The Morgan fingerprint density at radius 1 is 1.36 bits per heavy atom. The largest absolute Gasteiger partial charge is 0.342 e. The molecule has 0 radical (unpaired) electrons. The Morgan fingerprint density at radius 2 is 2.09 bits per heavy atom. The zero-order valence-corrected chi connectivity index (χ0v) is 11.9. The van der Waals surface area contributed by atoms with Gasteiger partial charge in [0.2, 0.25) is 5.91 Å². The maximum atomic E-state index is 11.7. The third-order valence-electron chi connectivity index (χ3n) is 2.92. The number of aromatic amines is 2. The predicted octanol–water partition coefficient (Wildman–Crippen LogP) is -0.0936. The standard InChI is InChI=1S/C14H15N5O3/c1-9(10-5-3-2-4-6-10)8-15-18-12(20)7-11-13(21)16-14(22)19-17-11/h2-6,8-9H,7H2,1H3,(H,18,20)(H2,16,19,21,22)/t9-/m1/s1. The average molecular weight is 301 g/mol. The van der Waals surface area contributed by atoms with E-state index in [0.717, 1.165) is 5.56 Å². The van der Waals surface area contributed by atoms with E-state index in [1.807, 2.05) is 42.2 Å². The lowest BCUT2D eigenvalue weighted by Crippen LogP contribution is -2.31. The lowest BCUT2D eigenvalue weighted by molar-refractivity contribution is -0.120. The number of nitrogens with one attached hydrogen (secondary N) is 3. The van der Waals surface area contributed by atoms with Crippen molar-refractivity contribution in [3.05, 3.63) is 62.4 Å². The highest BCUT2D eigenvalue weighted by Gasteiger charge is 2.08. The van der Waals surface area contributed by atoms with E-state index in [1.54, 1.807) is 6.21 Å². The molecule has 1 atom stereocenters. The molecule has 0 aliphatic heterocycles. The van der Waals surface area contributed by atoms with Crippen LogP contribution in [-0.4, -0.2) is 27.3 Å². The number of H-pyrrole nitrogens is 2. The normalized spacial score (nSPS) is 12.2. The number of amides is 1. The van der Waals surface area contributed by atoms with Crippen LogP contribution in [0.2, 0.25) is 0 Å². The molecule has 0 aliphatic carbocycles. The van der Waals surface area contributed by atoms with E-state index < -0.39 is 17.2 Å². The Morgan fingerprint density at radius 3 is 2.77 bits per heavy atom. The van der Waals surface area contributed by atoms with Gasteiger partial charge in [-0.3, -0.25) is 14.6 Å². The number of hydrogen-bond donors (Lipinski definition) is 3. The fourth-order valence-corrected chi connectivity index (χ4v) is 1.75. The van der Waals surface area contributed by atoms with Crippen LogP contribution in [0.1, 0.15) is 24.1 Å². The summed E-state index contributed by atoms with van der Waals surface area (Å²) in [7, 11) is 0. The first-order valence-electron chi connectivity index (χ1n) is 6.61. The van der Waals surface area contributed by atoms with E-state index >= 15 is 0 Å². The van der Waals surface area contributed by atoms with Crippen molar-refractivity contribution in [2.45, 2.75) is 19.3 Å². The van der Waals surface area contributed by atoms with Crippen LogP contribution in [0.15, 0.2) is 45.0 Å². The molecular formula is C14H15N5O3. The Kier molecular flexibility index (Phi) is 4.97. The third-order valence-corrected chi connectivity index (χ3v) is 2.92. The van der Waals surface area contributed by atoms with Crippen LogP contribution < -0.4 is 16.7 Å². The minimum atomic E-state index is -0.719. The van der Waals surface area contributed by atoms with Gasteiger partial charge in [-0.2, -0.15) is 10.2 Å². The van der Waals surface area contributed by atoms with Gasteiger partial charge < -0.3 is 0 Å². The van der Waals surface area contributed by atoms with Gasteiger partial charge >= 0.3 is 5.69 Å². The summed E-state index contributed by atoms with van der Waals surface area (Å²) in [6.45, 7) is 1.94. The maximum absolute atomic E-state index is 11.7. The summed E-state index contributed by atoms with van der Waals surface area (Å²) in [6, 6.07) is 9.69. The Hall–Kier alpha value is -3.03. The van der Waals surface area contributed by atoms with Gasteiger partial charge in [0, 0.05) is 12.1 Å². The second kappa shape index (κ2) is 7.11. The fraction of sp³-hybridized carbons (Fsp3) is 0.214. The average Bonchev–Trinajstić information content (AvgIpc) is 2.51. The summed E-state index contributed by atoms with van der Waals surface area (Å²) >= 11 is 0. The number of hydrogen-bond acceptors (Lipinski definition) is 5. The van der Waals surface area contributed by atoms with Crippen molar-refractivity contribution < 1.29 is 4.79 Å². The van der Waals surface area contributed by atoms with Crippen molar-refractivity contribution in [2.24, 2.45) is 5.10 Å². The predicted molar refractivity (Wildman–Crippen MR) is 80.7 cm³/mol. The molecule has 0 aliphatic rings. The highest BCUT2D eigenvalue weighted by atomic mass is 16.2. The molecule has 1 aromatic carbocycles. The molecule has 2 aromatic rings. The minimum absolute atomic E-state index is 0.0381. The summed E-state index contributed by atoms with van der Waals surface area (Å²) in [5.41, 5.74) is 1.90. The topological polar surface area (TPSA) is 120 Å². The molecule has 1 aromatic heterocycles. The van der Waals surface area contributed by atoms with Crippen LogP contribution in [0.5, 0.6) is 0 Å². The van der Waals surface area contributed by atoms with Gasteiger partial charge in [0.05, 0.1) is 6.42 Å². The number of aromatic nitrogens is 3. The summed E-state index contributed by atoms with van der Waals surface area (Å²) < 4.78 is 0. The summed E-state index contributed by atoms with van der Waals surface area (Å²) in [5.74, 6) is -0.460. The van der Waals surface area contributed by atoms with Crippen molar-refractivity contribution in [3.63, 3.8) is 0 Å². The smallest absolute Gasteiger partial charge is 0.273 e. The molecule has 2 rings (SSSR count). The molecule has 8 heteroatoms. The molecule has 114 valence electrons. The molecule has 0 saturated carbocycles. The van der Waals surface area contributed by atoms with Gasteiger partial charge in [0.25, 0.3) is 5.56 Å². The van der Waals surface area contributed by atoms with Gasteiger partial charge in [0.15, 0.2) is 0 Å². The van der Waals surface area contributed by atoms with E-state index in [2.05, 4.69) is 20.7 Å². The van der Waals surface area contributed by atoms with E-state index in [1.165, 1.54) is 0 Å². The van der Waals surface area contributed by atoms with Crippen LogP contribution in [0.25, 0.3) is 0 Å². The maximum Gasteiger partial charge on any atom is 0.342 e. The van der Waals surface area contributed by atoms with Crippen molar-refractivity contribution >= 4 is 12.1 Å². The summed E-state index contributed by atoms with van der Waals surface area (Å²) in [5, 5.41) is 9.43. The first-order valence-corrected chi connectivity index (χ1v) is 6.61. The SMILES string of the molecule is C[C@H](C=NNC(=O)Cc1n[nH]c(=O)[nH]c1=O)c1ccccc1. The molecule has 1 heterocycles. The molecule has 0 saturated heterocycles. The lowest BCUT2D eigenvalue weighted by Gasteiger charge is -2.05. The van der Waals surface area contributed by atoms with Crippen molar-refractivity contribution in [1.82, 2.24) is 20.6 Å². The molecular weight excluding hydrogens is 286 g/mol. The van der Waals surface area contributed by atoms with E-state index in [0.29, 0.717) is 0 Å². The first kappa shape index (κ1) is 15.4. The number of carbonyl (C=O) groups excluding carboxylic acids is 1. The van der Waals surface area contributed by atoms with E-state index in [4.69, 9.17) is 0 Å². The number of rotatable bonds is 5. The number of nitrogens with zero attached hydrogens (tertiary/aromatic N) is 2. The fourth-order valence-electron chi connectivity index (χ4n) is 1.75. The molecule has 22 heavy (non-hydrogen) atoms. The minimum Gasteiger partial charge on any atom is -0.273 e. The molecule has 0 fully saturated rings. The number of hydrazone groups is 1. The van der Waals surface area contributed by atoms with Gasteiger partial charge in [-0.15, -0.1) is 0 Å². The van der Waals surface area contributed by atoms with E-state index in [-0.39, 0.29) is 18.0 Å². The van der Waals surface area contributed by atoms with Crippen LogP contribution in [0.3, 0.4) is 0 Å². The molecule has 0 unspecified atom stereocenters. The van der Waals surface area contributed by atoms with Crippen LogP contribution >= 0.6 is 0 Å². The second-order valence-corrected chi connectivity index (χ2v) is 4.64. The second-order valence-electron chi connectivity index (χ2n) is 4.64. The molecule has 3 N–H and O–H groups in total. The molecule has 0 bridgehead atoms. The Labute approximate surface area is 125 Å². The van der Waals surface area contributed by atoms with Crippen molar-refractivity contribution in [3.8, 4) is 0 Å². The molecule has 0 spiro atoms. The Balaban J connectivity index is 1.91. The van der Waals surface area contributed by atoms with Crippen LogP contribution in [-0.2, 0) is 11.2 Å². The van der Waals surface area contributed by atoms with Gasteiger partial charge in [-0.25, -0.2) is 15.3 Å². The third kappa shape index (κ3) is 4.23. The van der Waals surface area contributed by atoms with Gasteiger partial charge in [-0.05, 0) is 5.56 Å².